The van der Waals surface area contributed by atoms with Crippen molar-refractivity contribution in [1.29, 1.82) is 0 Å². The van der Waals surface area contributed by atoms with E-state index in [4.69, 9.17) is 21.2 Å². The maximum Gasteiger partial charge on any atom is 0.338 e. The van der Waals surface area contributed by atoms with Gasteiger partial charge in [-0.3, -0.25) is 19.3 Å². The van der Waals surface area contributed by atoms with Crippen molar-refractivity contribution >= 4 is 35.1 Å². The van der Waals surface area contributed by atoms with Crippen LogP contribution in [0.3, 0.4) is 0 Å². The van der Waals surface area contributed by atoms with Gasteiger partial charge in [-0.25, -0.2) is 10.3 Å². The van der Waals surface area contributed by atoms with Gasteiger partial charge in [0.2, 0.25) is 0 Å². The maximum absolute atomic E-state index is 14.1. The van der Waals surface area contributed by atoms with Crippen molar-refractivity contribution in [2.24, 2.45) is 0 Å². The van der Waals surface area contributed by atoms with Crippen LogP contribution in [0.2, 0.25) is 5.02 Å². The molecule has 1 N–H and O–H groups in total. The molecule has 5 rings (SSSR count). The average molecular weight is 555 g/mol. The lowest BCUT2D eigenvalue weighted by Gasteiger charge is -2.41. The van der Waals surface area contributed by atoms with E-state index in [9.17, 15) is 14.4 Å². The Kier molecular flexibility index (Phi) is 8.24. The van der Waals surface area contributed by atoms with Crippen LogP contribution in [0.4, 0.5) is 5.69 Å². The van der Waals surface area contributed by atoms with Gasteiger partial charge in [-0.2, -0.15) is 0 Å². The number of halogens is 1. The van der Waals surface area contributed by atoms with Crippen molar-refractivity contribution in [3.05, 3.63) is 136 Å². The van der Waals surface area contributed by atoms with Crippen LogP contribution in [0, 0.1) is 0 Å². The normalized spacial score (nSPS) is 16.2. The number of esters is 1. The highest BCUT2D eigenvalue weighted by Gasteiger charge is 2.45. The maximum atomic E-state index is 14.1. The predicted molar refractivity (Wildman–Crippen MR) is 152 cm³/mol. The molecule has 0 bridgehead atoms. The van der Waals surface area contributed by atoms with Gasteiger partial charge >= 0.3 is 5.97 Å². The molecule has 202 valence electrons. The number of rotatable bonds is 8. The summed E-state index contributed by atoms with van der Waals surface area (Å²) >= 11 is 6.19. The molecule has 1 heterocycles. The van der Waals surface area contributed by atoms with Crippen molar-refractivity contribution in [1.82, 2.24) is 5.48 Å². The van der Waals surface area contributed by atoms with Crippen LogP contribution in [0.1, 0.15) is 56.3 Å². The van der Waals surface area contributed by atoms with E-state index in [1.807, 2.05) is 30.3 Å². The van der Waals surface area contributed by atoms with Gasteiger partial charge in [0.25, 0.3) is 11.8 Å². The van der Waals surface area contributed by atoms with Crippen LogP contribution in [0.5, 0.6) is 0 Å². The van der Waals surface area contributed by atoms with E-state index in [2.05, 4.69) is 5.48 Å². The topological polar surface area (TPSA) is 84.9 Å². The zero-order chi connectivity index (χ0) is 28.1. The first-order valence-corrected chi connectivity index (χ1v) is 13.3. The molecule has 0 unspecified atom stereocenters. The van der Waals surface area contributed by atoms with Crippen LogP contribution in [-0.4, -0.2) is 24.4 Å². The van der Waals surface area contributed by atoms with Crippen molar-refractivity contribution in [2.45, 2.75) is 25.5 Å². The first-order chi connectivity index (χ1) is 19.5. The standard InChI is InChI=1S/C32H27ClN2O5/c1-2-39-32(38)23-11-8-12-25(19-23)35-29(22-15-17-24(33)18-16-22)28(26-13-6-7-14-27(26)31(35)37)30(36)34-40-20-21-9-4-3-5-10-21/h3-19,28-29H,2,20H2,1H3,(H,34,36)/t28-,29+/m1/s1. The summed E-state index contributed by atoms with van der Waals surface area (Å²) in [6, 6.07) is 29.4. The summed E-state index contributed by atoms with van der Waals surface area (Å²) in [5.41, 5.74) is 5.91. The molecule has 2 atom stereocenters. The van der Waals surface area contributed by atoms with Crippen LogP contribution in [0.15, 0.2) is 103 Å². The summed E-state index contributed by atoms with van der Waals surface area (Å²) in [7, 11) is 0. The fourth-order valence-corrected chi connectivity index (χ4v) is 5.05. The zero-order valence-electron chi connectivity index (χ0n) is 21.8. The second kappa shape index (κ2) is 12.2. The highest BCUT2D eigenvalue weighted by Crippen LogP contribution is 2.45. The molecule has 0 fully saturated rings. The van der Waals surface area contributed by atoms with Crippen LogP contribution in [-0.2, 0) is 21.0 Å². The zero-order valence-corrected chi connectivity index (χ0v) is 22.5. The van der Waals surface area contributed by atoms with Gasteiger partial charge < -0.3 is 4.74 Å². The molecule has 0 aromatic heterocycles. The SMILES string of the molecule is CCOC(=O)c1cccc(N2C(=O)c3ccccc3[C@@H](C(=O)NOCc3ccccc3)[C@@H]2c2ccc(Cl)cc2)c1. The summed E-state index contributed by atoms with van der Waals surface area (Å²) in [4.78, 5) is 47.6. The fourth-order valence-electron chi connectivity index (χ4n) is 4.93. The largest absolute Gasteiger partial charge is 0.462 e. The number of nitrogens with one attached hydrogen (secondary N) is 1. The Balaban J connectivity index is 1.59. The number of carbonyl (C=O) groups excluding carboxylic acids is 3. The summed E-state index contributed by atoms with van der Waals surface area (Å²) < 4.78 is 5.18. The van der Waals surface area contributed by atoms with Gasteiger partial charge in [-0.1, -0.05) is 78.3 Å². The van der Waals surface area contributed by atoms with Gasteiger partial charge in [-0.15, -0.1) is 0 Å². The van der Waals surface area contributed by atoms with E-state index in [0.29, 0.717) is 33.0 Å². The van der Waals surface area contributed by atoms with Gasteiger partial charge in [0.15, 0.2) is 0 Å². The van der Waals surface area contributed by atoms with Crippen LogP contribution >= 0.6 is 11.6 Å². The molecule has 2 amide bonds. The third-order valence-electron chi connectivity index (χ3n) is 6.72. The quantitative estimate of drug-likeness (QED) is 0.205. The van der Waals surface area contributed by atoms with E-state index in [1.54, 1.807) is 84.6 Å². The second-order valence-electron chi connectivity index (χ2n) is 9.25. The monoisotopic (exact) mass is 554 g/mol. The van der Waals surface area contributed by atoms with E-state index < -0.39 is 23.8 Å². The van der Waals surface area contributed by atoms with Crippen molar-refractivity contribution in [3.8, 4) is 0 Å². The molecule has 1 aliphatic heterocycles. The van der Waals surface area contributed by atoms with Crippen molar-refractivity contribution in [3.63, 3.8) is 0 Å². The summed E-state index contributed by atoms with van der Waals surface area (Å²) in [6.45, 7) is 2.13. The molecule has 0 radical (unpaired) electrons. The number of carbonyl (C=O) groups is 3. The average Bonchev–Trinajstić information content (AvgIpc) is 2.98. The Morgan fingerprint density at radius 3 is 2.38 bits per heavy atom. The van der Waals surface area contributed by atoms with Crippen molar-refractivity contribution < 1.29 is 24.0 Å². The summed E-state index contributed by atoms with van der Waals surface area (Å²) in [5.74, 6) is -2.05. The molecular weight excluding hydrogens is 528 g/mol. The number of fused-ring (bicyclic) bond motifs is 1. The highest BCUT2D eigenvalue weighted by atomic mass is 35.5. The minimum Gasteiger partial charge on any atom is -0.462 e. The Morgan fingerprint density at radius 1 is 0.900 bits per heavy atom. The minimum atomic E-state index is -0.836. The third kappa shape index (κ3) is 5.61. The lowest BCUT2D eigenvalue weighted by Crippen LogP contribution is -2.47. The Bertz CT molecular complexity index is 1520. The van der Waals surface area contributed by atoms with E-state index in [0.717, 1.165) is 5.56 Å². The third-order valence-corrected chi connectivity index (χ3v) is 6.97. The smallest absolute Gasteiger partial charge is 0.338 e. The fraction of sp³-hybridized carbons (Fsp3) is 0.156. The molecule has 8 heteroatoms. The van der Waals surface area contributed by atoms with Crippen LogP contribution < -0.4 is 10.4 Å². The van der Waals surface area contributed by atoms with Crippen LogP contribution in [0.25, 0.3) is 0 Å². The second-order valence-corrected chi connectivity index (χ2v) is 9.68. The summed E-state index contributed by atoms with van der Waals surface area (Å²) in [6.07, 6.45) is 0. The highest BCUT2D eigenvalue weighted by molar-refractivity contribution is 6.30. The molecule has 0 saturated heterocycles. The molecule has 0 saturated carbocycles. The first-order valence-electron chi connectivity index (χ1n) is 12.9. The number of hydrogen-bond donors (Lipinski definition) is 1. The molecule has 40 heavy (non-hydrogen) atoms. The Morgan fingerprint density at radius 2 is 1.62 bits per heavy atom. The van der Waals surface area contributed by atoms with Crippen molar-refractivity contribution in [2.75, 3.05) is 11.5 Å². The molecule has 0 spiro atoms. The Labute approximate surface area is 237 Å². The molecule has 4 aromatic rings. The number of nitrogens with zero attached hydrogens (tertiary/aromatic N) is 1. The number of amides is 2. The molecule has 1 aliphatic rings. The summed E-state index contributed by atoms with van der Waals surface area (Å²) in [5, 5.41) is 0.523. The number of hydrogen-bond acceptors (Lipinski definition) is 5. The van der Waals surface area contributed by atoms with Gasteiger partial charge in [0.1, 0.15) is 0 Å². The number of hydroxylamine groups is 1. The lowest BCUT2D eigenvalue weighted by atomic mass is 9.79. The lowest BCUT2D eigenvalue weighted by molar-refractivity contribution is -0.136. The predicted octanol–water partition coefficient (Wildman–Crippen LogP) is 6.25. The van der Waals surface area contributed by atoms with Gasteiger partial charge in [0, 0.05) is 16.3 Å². The molecular formula is C32H27ClN2O5. The molecule has 4 aromatic carbocycles. The Hall–Kier alpha value is -4.46. The number of ether oxygens (including phenoxy) is 1. The van der Waals surface area contributed by atoms with Gasteiger partial charge in [-0.05, 0) is 60.0 Å². The minimum absolute atomic E-state index is 0.177. The van der Waals surface area contributed by atoms with Gasteiger partial charge in [0.05, 0.1) is 30.7 Å². The first kappa shape index (κ1) is 27.1. The van der Waals surface area contributed by atoms with E-state index in [-0.39, 0.29) is 19.1 Å². The van der Waals surface area contributed by atoms with E-state index >= 15 is 0 Å². The molecule has 7 nitrogen and oxygen atoms in total. The number of anilines is 1. The molecule has 0 aliphatic carbocycles. The van der Waals surface area contributed by atoms with E-state index in [1.165, 1.54) is 0 Å². The number of benzene rings is 4.